The fourth-order valence-corrected chi connectivity index (χ4v) is 3.59. The van der Waals surface area contributed by atoms with Gasteiger partial charge in [0.1, 0.15) is 0 Å². The van der Waals surface area contributed by atoms with E-state index in [0.717, 1.165) is 25.7 Å². The highest BCUT2D eigenvalue weighted by molar-refractivity contribution is 6.30. The van der Waals surface area contributed by atoms with E-state index >= 15 is 0 Å². The number of hydrogen-bond acceptors (Lipinski definition) is 3. The van der Waals surface area contributed by atoms with Crippen molar-refractivity contribution in [3.8, 4) is 0 Å². The van der Waals surface area contributed by atoms with E-state index in [2.05, 4.69) is 22.3 Å². The van der Waals surface area contributed by atoms with Gasteiger partial charge in [0.2, 0.25) is 5.91 Å². The number of benzene rings is 2. The van der Waals surface area contributed by atoms with Crippen LogP contribution in [-0.2, 0) is 17.5 Å². The molecule has 1 unspecified atom stereocenters. The molecule has 1 atom stereocenters. The molecule has 0 radical (unpaired) electrons. The van der Waals surface area contributed by atoms with Crippen LogP contribution in [0.2, 0.25) is 5.02 Å². The van der Waals surface area contributed by atoms with Gasteiger partial charge in [-0.05, 0) is 30.7 Å². The molecular weight excluding hydrogens is 403 g/mol. The molecule has 1 saturated heterocycles. The van der Waals surface area contributed by atoms with Crippen molar-refractivity contribution in [2.75, 3.05) is 31.5 Å². The summed E-state index contributed by atoms with van der Waals surface area (Å²) >= 11 is 5.69. The van der Waals surface area contributed by atoms with Gasteiger partial charge < -0.3 is 5.32 Å². The predicted molar refractivity (Wildman–Crippen MR) is 108 cm³/mol. The summed E-state index contributed by atoms with van der Waals surface area (Å²) in [4.78, 5) is 16.9. The SMILES string of the molecule is CC(C(=O)Nc1ccc(Cl)cc1C(F)(F)F)N1CCN(Cc2ccccc2)CC1. The first-order valence-electron chi connectivity index (χ1n) is 9.42. The van der Waals surface area contributed by atoms with Crippen LogP contribution in [0.4, 0.5) is 18.9 Å². The van der Waals surface area contributed by atoms with Crippen LogP contribution in [0.15, 0.2) is 48.5 Å². The van der Waals surface area contributed by atoms with E-state index in [9.17, 15) is 18.0 Å². The van der Waals surface area contributed by atoms with Gasteiger partial charge >= 0.3 is 6.18 Å². The summed E-state index contributed by atoms with van der Waals surface area (Å²) in [5.41, 5.74) is 0.00820. The lowest BCUT2D eigenvalue weighted by molar-refractivity contribution is -0.137. The van der Waals surface area contributed by atoms with E-state index in [1.165, 1.54) is 17.7 Å². The summed E-state index contributed by atoms with van der Waals surface area (Å²) in [6, 6.07) is 12.9. The zero-order valence-electron chi connectivity index (χ0n) is 16.0. The van der Waals surface area contributed by atoms with Gasteiger partial charge in [-0.25, -0.2) is 0 Å². The molecule has 2 aromatic carbocycles. The first kappa shape index (κ1) is 21.6. The Kier molecular flexibility index (Phi) is 6.82. The third-order valence-corrected chi connectivity index (χ3v) is 5.36. The van der Waals surface area contributed by atoms with Crippen LogP contribution in [0.3, 0.4) is 0 Å². The highest BCUT2D eigenvalue weighted by Crippen LogP contribution is 2.36. The quantitative estimate of drug-likeness (QED) is 0.766. The molecule has 1 heterocycles. The molecule has 156 valence electrons. The predicted octanol–water partition coefficient (Wildman–Crippen LogP) is 4.50. The first-order chi connectivity index (χ1) is 13.7. The average molecular weight is 426 g/mol. The Morgan fingerprint density at radius 2 is 1.76 bits per heavy atom. The van der Waals surface area contributed by atoms with Crippen LogP contribution >= 0.6 is 11.6 Å². The smallest absolute Gasteiger partial charge is 0.324 e. The number of carbonyl (C=O) groups is 1. The van der Waals surface area contributed by atoms with Crippen LogP contribution in [0.25, 0.3) is 0 Å². The second kappa shape index (κ2) is 9.15. The fraction of sp³-hybridized carbons (Fsp3) is 0.381. The summed E-state index contributed by atoms with van der Waals surface area (Å²) in [6.45, 7) is 5.49. The number of nitrogens with zero attached hydrogens (tertiary/aromatic N) is 2. The normalized spacial score (nSPS) is 17.1. The van der Waals surface area contributed by atoms with Crippen molar-refractivity contribution in [3.63, 3.8) is 0 Å². The van der Waals surface area contributed by atoms with E-state index < -0.39 is 23.7 Å². The van der Waals surface area contributed by atoms with Crippen LogP contribution in [0.5, 0.6) is 0 Å². The number of halogens is 4. The van der Waals surface area contributed by atoms with Crippen molar-refractivity contribution in [2.45, 2.75) is 25.7 Å². The molecule has 0 bridgehead atoms. The zero-order valence-corrected chi connectivity index (χ0v) is 16.8. The maximum atomic E-state index is 13.2. The Hall–Kier alpha value is -2.09. The lowest BCUT2D eigenvalue weighted by Gasteiger charge is -2.37. The number of amides is 1. The van der Waals surface area contributed by atoms with Gasteiger partial charge in [0, 0.05) is 37.7 Å². The molecule has 4 nitrogen and oxygen atoms in total. The van der Waals surface area contributed by atoms with Crippen LogP contribution in [0, 0.1) is 0 Å². The largest absolute Gasteiger partial charge is 0.418 e. The summed E-state index contributed by atoms with van der Waals surface area (Å²) < 4.78 is 39.7. The fourth-order valence-electron chi connectivity index (χ4n) is 3.41. The number of nitrogens with one attached hydrogen (secondary N) is 1. The van der Waals surface area contributed by atoms with Crippen molar-refractivity contribution in [2.24, 2.45) is 0 Å². The number of anilines is 1. The second-order valence-corrected chi connectivity index (χ2v) is 7.59. The van der Waals surface area contributed by atoms with E-state index in [1.54, 1.807) is 6.92 Å². The minimum Gasteiger partial charge on any atom is -0.324 e. The van der Waals surface area contributed by atoms with Gasteiger partial charge in [-0.1, -0.05) is 41.9 Å². The van der Waals surface area contributed by atoms with Gasteiger partial charge in [-0.15, -0.1) is 0 Å². The minimum absolute atomic E-state index is 0.0297. The molecule has 8 heteroatoms. The molecule has 2 aromatic rings. The Balaban J connectivity index is 1.58. The molecule has 1 N–H and O–H groups in total. The van der Waals surface area contributed by atoms with Gasteiger partial charge in [0.05, 0.1) is 17.3 Å². The Bertz CT molecular complexity index is 837. The molecule has 1 amide bonds. The molecular formula is C21H23ClF3N3O. The summed E-state index contributed by atoms with van der Waals surface area (Å²) in [6.07, 6.45) is -4.60. The number of piperazine rings is 1. The van der Waals surface area contributed by atoms with Gasteiger partial charge in [0.15, 0.2) is 0 Å². The molecule has 29 heavy (non-hydrogen) atoms. The van der Waals surface area contributed by atoms with Crippen molar-refractivity contribution in [3.05, 3.63) is 64.7 Å². The van der Waals surface area contributed by atoms with Crippen LogP contribution in [0.1, 0.15) is 18.1 Å². The zero-order chi connectivity index (χ0) is 21.0. The van der Waals surface area contributed by atoms with E-state index in [-0.39, 0.29) is 10.7 Å². The highest BCUT2D eigenvalue weighted by atomic mass is 35.5. The number of alkyl halides is 3. The molecule has 1 aliphatic heterocycles. The van der Waals surface area contributed by atoms with E-state index in [1.807, 2.05) is 23.1 Å². The van der Waals surface area contributed by atoms with Gasteiger partial charge in [0.25, 0.3) is 0 Å². The maximum absolute atomic E-state index is 13.2. The summed E-state index contributed by atoms with van der Waals surface area (Å²) in [5.74, 6) is -0.464. The molecule has 1 fully saturated rings. The van der Waals surface area contributed by atoms with Crippen LogP contribution in [-0.4, -0.2) is 47.9 Å². The number of rotatable bonds is 5. The monoisotopic (exact) mass is 425 g/mol. The summed E-state index contributed by atoms with van der Waals surface area (Å²) in [7, 11) is 0. The van der Waals surface area contributed by atoms with E-state index in [0.29, 0.717) is 13.1 Å². The summed E-state index contributed by atoms with van der Waals surface area (Å²) in [5, 5.41) is 2.39. The first-order valence-corrected chi connectivity index (χ1v) is 9.80. The maximum Gasteiger partial charge on any atom is 0.418 e. The minimum atomic E-state index is -4.60. The Morgan fingerprint density at radius 1 is 1.10 bits per heavy atom. The molecule has 0 aliphatic carbocycles. The Labute approximate surface area is 173 Å². The topological polar surface area (TPSA) is 35.6 Å². The van der Waals surface area contributed by atoms with Gasteiger partial charge in [-0.2, -0.15) is 13.2 Å². The highest BCUT2D eigenvalue weighted by Gasteiger charge is 2.35. The van der Waals surface area contributed by atoms with Crippen molar-refractivity contribution < 1.29 is 18.0 Å². The Morgan fingerprint density at radius 3 is 2.38 bits per heavy atom. The average Bonchev–Trinajstić information content (AvgIpc) is 2.69. The lowest BCUT2D eigenvalue weighted by Crippen LogP contribution is -2.52. The molecule has 0 aromatic heterocycles. The van der Waals surface area contributed by atoms with Crippen molar-refractivity contribution in [1.82, 2.24) is 9.80 Å². The molecule has 3 rings (SSSR count). The van der Waals surface area contributed by atoms with Crippen LogP contribution < -0.4 is 5.32 Å². The molecule has 1 aliphatic rings. The lowest BCUT2D eigenvalue weighted by atomic mass is 10.1. The molecule has 0 saturated carbocycles. The van der Waals surface area contributed by atoms with E-state index in [4.69, 9.17) is 11.6 Å². The second-order valence-electron chi connectivity index (χ2n) is 7.15. The van der Waals surface area contributed by atoms with Gasteiger partial charge in [-0.3, -0.25) is 14.6 Å². The number of carbonyl (C=O) groups excluding carboxylic acids is 1. The third kappa shape index (κ3) is 5.72. The van der Waals surface area contributed by atoms with Crippen molar-refractivity contribution in [1.29, 1.82) is 0 Å². The molecule has 0 spiro atoms. The number of hydrogen-bond donors (Lipinski definition) is 1. The third-order valence-electron chi connectivity index (χ3n) is 5.13. The standard InChI is InChI=1S/C21H23ClF3N3O/c1-15(20(29)26-19-8-7-17(22)13-18(19)21(23,24)25)28-11-9-27(10-12-28)14-16-5-3-2-4-6-16/h2-8,13,15H,9-12,14H2,1H3,(H,26,29). The van der Waals surface area contributed by atoms with Crippen molar-refractivity contribution >= 4 is 23.2 Å².